The van der Waals surface area contributed by atoms with Crippen molar-refractivity contribution >= 4 is 0 Å². The molecule has 7 nitrogen and oxygen atoms in total. The van der Waals surface area contributed by atoms with Crippen LogP contribution in [0.1, 0.15) is 32.1 Å². The summed E-state index contributed by atoms with van der Waals surface area (Å²) in [6, 6.07) is 0. The number of halogens is 1. The molecule has 8 heteroatoms. The number of alkyl halides is 1. The van der Waals surface area contributed by atoms with Gasteiger partial charge in [0.15, 0.2) is 5.79 Å². The van der Waals surface area contributed by atoms with Gasteiger partial charge in [-0.2, -0.15) is 0 Å². The van der Waals surface area contributed by atoms with Crippen LogP contribution in [0.25, 0.3) is 0 Å². The Morgan fingerprint density at radius 1 is 1.38 bits per heavy atom. The van der Waals surface area contributed by atoms with Crippen molar-refractivity contribution in [3.8, 4) is 0 Å². The number of nitrogens with one attached hydrogen (secondary N) is 1. The van der Waals surface area contributed by atoms with Gasteiger partial charge in [-0.05, 0) is 20.8 Å². The standard InChI is InChI=1S/C13H17FN2O5/c1-7-5-16(11(18)15-10(7)17)9-4-8-13(14,21-9)6-19-12(2,3)20-8/h5,8-9H,4,6H2,1-3H3,(H,15,17,18)/t8-,9-,13-/m1/s1. The molecule has 3 rings (SSSR count). The smallest absolute Gasteiger partial charge is 0.330 e. The zero-order valence-electron chi connectivity index (χ0n) is 12.0. The van der Waals surface area contributed by atoms with Gasteiger partial charge in [0.1, 0.15) is 18.9 Å². The molecule has 1 aromatic heterocycles. The van der Waals surface area contributed by atoms with Gasteiger partial charge in [0, 0.05) is 18.2 Å². The molecule has 0 amide bonds. The summed E-state index contributed by atoms with van der Waals surface area (Å²) in [6.45, 7) is 4.68. The van der Waals surface area contributed by atoms with E-state index in [0.717, 1.165) is 0 Å². The average Bonchev–Trinajstić information content (AvgIpc) is 2.70. The van der Waals surface area contributed by atoms with Gasteiger partial charge in [-0.3, -0.25) is 14.3 Å². The lowest BCUT2D eigenvalue weighted by Gasteiger charge is -2.40. The predicted molar refractivity (Wildman–Crippen MR) is 69.5 cm³/mol. The Balaban J connectivity index is 1.92. The first-order chi connectivity index (χ1) is 9.70. The summed E-state index contributed by atoms with van der Waals surface area (Å²) in [5, 5.41) is 0. The van der Waals surface area contributed by atoms with Crippen molar-refractivity contribution < 1.29 is 18.6 Å². The van der Waals surface area contributed by atoms with Crippen LogP contribution in [0.2, 0.25) is 0 Å². The highest BCUT2D eigenvalue weighted by Gasteiger charge is 2.57. The number of fused-ring (bicyclic) bond motifs is 1. The SMILES string of the molecule is Cc1cn([C@H]2C[C@H]3OC(C)(C)OC[C@@]3(F)O2)c(=O)[nH]c1=O. The summed E-state index contributed by atoms with van der Waals surface area (Å²) in [7, 11) is 0. The van der Waals surface area contributed by atoms with Gasteiger partial charge in [0.05, 0.1) is 0 Å². The largest absolute Gasteiger partial charge is 0.344 e. The van der Waals surface area contributed by atoms with Crippen molar-refractivity contribution in [1.82, 2.24) is 9.55 Å². The number of aryl methyl sites for hydroxylation is 1. The zero-order chi connectivity index (χ0) is 15.4. The molecule has 0 aliphatic carbocycles. The lowest BCUT2D eigenvalue weighted by atomic mass is 10.1. The molecule has 3 atom stereocenters. The van der Waals surface area contributed by atoms with Gasteiger partial charge < -0.3 is 14.2 Å². The van der Waals surface area contributed by atoms with Gasteiger partial charge in [-0.25, -0.2) is 9.18 Å². The van der Waals surface area contributed by atoms with Crippen LogP contribution in [0.3, 0.4) is 0 Å². The second-order valence-electron chi connectivity index (χ2n) is 5.87. The maximum atomic E-state index is 14.7. The molecule has 0 bridgehead atoms. The van der Waals surface area contributed by atoms with Crippen molar-refractivity contribution in [1.29, 1.82) is 0 Å². The van der Waals surface area contributed by atoms with E-state index in [9.17, 15) is 14.0 Å². The lowest BCUT2D eigenvalue weighted by molar-refractivity contribution is -0.355. The summed E-state index contributed by atoms with van der Waals surface area (Å²) in [5.74, 6) is -2.99. The van der Waals surface area contributed by atoms with Crippen LogP contribution >= 0.6 is 0 Å². The Bertz CT molecular complexity index is 682. The number of ether oxygens (including phenoxy) is 3. The normalized spacial score (nSPS) is 34.7. The van der Waals surface area contributed by atoms with Crippen molar-refractivity contribution in [3.05, 3.63) is 32.6 Å². The second kappa shape index (κ2) is 4.49. The Morgan fingerprint density at radius 2 is 2.10 bits per heavy atom. The maximum absolute atomic E-state index is 14.7. The first-order valence-corrected chi connectivity index (χ1v) is 6.71. The molecule has 0 spiro atoms. The summed E-state index contributed by atoms with van der Waals surface area (Å²) in [4.78, 5) is 25.4. The van der Waals surface area contributed by atoms with E-state index in [1.807, 2.05) is 0 Å². The molecule has 2 aliphatic rings. The maximum Gasteiger partial charge on any atom is 0.330 e. The van der Waals surface area contributed by atoms with Crippen molar-refractivity contribution in [2.45, 2.75) is 51.2 Å². The third-order valence-electron chi connectivity index (χ3n) is 3.73. The van der Waals surface area contributed by atoms with Crippen LogP contribution < -0.4 is 11.2 Å². The molecule has 116 valence electrons. The van der Waals surface area contributed by atoms with Crippen LogP contribution in [0.5, 0.6) is 0 Å². The number of nitrogens with zero attached hydrogens (tertiary/aromatic N) is 1. The Kier molecular flexibility index (Phi) is 3.09. The van der Waals surface area contributed by atoms with Gasteiger partial charge in [0.25, 0.3) is 11.4 Å². The Hall–Kier alpha value is -1.51. The number of aromatic nitrogens is 2. The van der Waals surface area contributed by atoms with Gasteiger partial charge in [0.2, 0.25) is 0 Å². The zero-order valence-corrected chi connectivity index (χ0v) is 12.0. The predicted octanol–water partition coefficient (Wildman–Crippen LogP) is 0.581. The minimum atomic E-state index is -2.09. The molecular weight excluding hydrogens is 283 g/mol. The molecule has 1 N–H and O–H groups in total. The van der Waals surface area contributed by atoms with Gasteiger partial charge in [-0.15, -0.1) is 0 Å². The van der Waals surface area contributed by atoms with Crippen LogP contribution in [-0.4, -0.2) is 33.9 Å². The quantitative estimate of drug-likeness (QED) is 0.820. The molecule has 21 heavy (non-hydrogen) atoms. The van der Waals surface area contributed by atoms with E-state index in [1.54, 1.807) is 20.8 Å². The van der Waals surface area contributed by atoms with E-state index in [2.05, 4.69) is 4.98 Å². The molecule has 0 saturated carbocycles. The minimum Gasteiger partial charge on any atom is -0.344 e. The second-order valence-corrected chi connectivity index (χ2v) is 5.87. The Morgan fingerprint density at radius 3 is 2.81 bits per heavy atom. The fourth-order valence-corrected chi connectivity index (χ4v) is 2.59. The highest BCUT2D eigenvalue weighted by molar-refractivity contribution is 5.03. The summed E-state index contributed by atoms with van der Waals surface area (Å²) < 4.78 is 32.0. The highest BCUT2D eigenvalue weighted by atomic mass is 19.2. The fourth-order valence-electron chi connectivity index (χ4n) is 2.59. The Labute approximate surface area is 119 Å². The first kappa shape index (κ1) is 14.4. The highest BCUT2D eigenvalue weighted by Crippen LogP contribution is 2.44. The van der Waals surface area contributed by atoms with E-state index in [4.69, 9.17) is 14.2 Å². The van der Waals surface area contributed by atoms with E-state index in [0.29, 0.717) is 5.56 Å². The molecule has 2 saturated heterocycles. The lowest BCUT2D eigenvalue weighted by Crippen LogP contribution is -2.53. The van der Waals surface area contributed by atoms with Crippen molar-refractivity contribution in [3.63, 3.8) is 0 Å². The van der Waals surface area contributed by atoms with Crippen LogP contribution in [0, 0.1) is 6.92 Å². The van der Waals surface area contributed by atoms with Gasteiger partial charge in [-0.1, -0.05) is 0 Å². The van der Waals surface area contributed by atoms with Crippen molar-refractivity contribution in [2.75, 3.05) is 6.61 Å². The van der Waals surface area contributed by atoms with E-state index < -0.39 is 35.2 Å². The minimum absolute atomic E-state index is 0.161. The molecular formula is C13H17FN2O5. The third kappa shape index (κ3) is 2.43. The third-order valence-corrected chi connectivity index (χ3v) is 3.73. The van der Waals surface area contributed by atoms with Gasteiger partial charge >= 0.3 is 5.69 Å². The summed E-state index contributed by atoms with van der Waals surface area (Å²) >= 11 is 0. The molecule has 2 aliphatic heterocycles. The molecule has 1 aromatic rings. The number of aromatic amines is 1. The molecule has 2 fully saturated rings. The number of hydrogen-bond donors (Lipinski definition) is 1. The fraction of sp³-hybridized carbons (Fsp3) is 0.692. The summed E-state index contributed by atoms with van der Waals surface area (Å²) in [6.07, 6.45) is -0.154. The average molecular weight is 300 g/mol. The summed E-state index contributed by atoms with van der Waals surface area (Å²) in [5.41, 5.74) is -0.765. The topological polar surface area (TPSA) is 82.6 Å². The molecule has 0 radical (unpaired) electrons. The van der Waals surface area contributed by atoms with Crippen LogP contribution in [0.15, 0.2) is 15.8 Å². The molecule has 0 unspecified atom stereocenters. The van der Waals surface area contributed by atoms with Crippen molar-refractivity contribution in [2.24, 2.45) is 0 Å². The number of hydrogen-bond acceptors (Lipinski definition) is 5. The van der Waals surface area contributed by atoms with E-state index in [1.165, 1.54) is 10.8 Å². The van der Waals surface area contributed by atoms with E-state index >= 15 is 0 Å². The number of H-pyrrole nitrogens is 1. The molecule has 0 aromatic carbocycles. The van der Waals surface area contributed by atoms with Crippen LogP contribution in [-0.2, 0) is 14.2 Å². The van der Waals surface area contributed by atoms with Crippen LogP contribution in [0.4, 0.5) is 4.39 Å². The number of rotatable bonds is 1. The first-order valence-electron chi connectivity index (χ1n) is 6.71. The van der Waals surface area contributed by atoms with E-state index in [-0.39, 0.29) is 13.0 Å². The monoisotopic (exact) mass is 300 g/mol. The molecule has 3 heterocycles.